The molecule has 0 aliphatic rings. The fourth-order valence-electron chi connectivity index (χ4n) is 2.80. The molecule has 1 nitrogen and oxygen atoms in total. The van der Waals surface area contributed by atoms with Crippen LogP contribution in [0.5, 0.6) is 0 Å². The van der Waals surface area contributed by atoms with Crippen LogP contribution in [-0.4, -0.2) is 45.0 Å². The first-order valence-electron chi connectivity index (χ1n) is 9.16. The quantitative estimate of drug-likeness (QED) is 0.257. The Morgan fingerprint density at radius 3 is 1.19 bits per heavy atom. The van der Waals surface area contributed by atoms with Gasteiger partial charge in [-0.3, -0.25) is 0 Å². The monoisotopic (exact) mass is 587 g/mol. The third-order valence-electron chi connectivity index (χ3n) is 4.21. The number of hydrogen-bond acceptors (Lipinski definition) is 2. The van der Waals surface area contributed by atoms with Crippen molar-refractivity contribution in [3.05, 3.63) is 91.0 Å². The fraction of sp³-hybridized carbons (Fsp3) is 0.174. The summed E-state index contributed by atoms with van der Waals surface area (Å²) in [7, 11) is 0. The predicted octanol–water partition coefficient (Wildman–Crippen LogP) is 3.36. The molecule has 0 saturated carbocycles. The maximum absolute atomic E-state index is 4.76. The Hall–Kier alpha value is -1.31. The zero-order valence-corrected chi connectivity index (χ0v) is 21.4. The molecule has 1 radical (unpaired) electrons. The van der Waals surface area contributed by atoms with Gasteiger partial charge in [0.1, 0.15) is 0 Å². The van der Waals surface area contributed by atoms with Crippen LogP contribution in [0.25, 0.3) is 0 Å². The molecule has 139 valence electrons. The number of thiocarbonyl (C=S) groups is 1. The van der Waals surface area contributed by atoms with Crippen LogP contribution in [0.1, 0.15) is 13.8 Å². The van der Waals surface area contributed by atoms with Gasteiger partial charge >= 0.3 is 123 Å². The molecule has 0 N–H and O–H groups in total. The van der Waals surface area contributed by atoms with Gasteiger partial charge in [0.2, 0.25) is 0 Å². The Morgan fingerprint density at radius 1 is 0.704 bits per heavy atom. The van der Waals surface area contributed by atoms with Gasteiger partial charge in [-0.15, -0.1) is 0 Å². The molecule has 0 aliphatic carbocycles. The van der Waals surface area contributed by atoms with Crippen molar-refractivity contribution >= 4 is 61.2 Å². The van der Waals surface area contributed by atoms with Crippen molar-refractivity contribution in [3.63, 3.8) is 0 Å². The van der Waals surface area contributed by atoms with Gasteiger partial charge in [0.15, 0.2) is 0 Å². The van der Waals surface area contributed by atoms with Gasteiger partial charge in [0.25, 0.3) is 0 Å². The first-order valence-corrected chi connectivity index (χ1v) is 15.8. The summed E-state index contributed by atoms with van der Waals surface area (Å²) in [5.41, 5.74) is 0. The Bertz CT molecular complexity index is 696. The van der Waals surface area contributed by atoms with Crippen molar-refractivity contribution in [1.82, 2.24) is 4.90 Å². The van der Waals surface area contributed by atoms with Crippen molar-refractivity contribution in [2.75, 3.05) is 13.1 Å². The van der Waals surface area contributed by atoms with Crippen molar-refractivity contribution in [2.45, 2.75) is 13.8 Å². The van der Waals surface area contributed by atoms with Crippen LogP contribution >= 0.6 is 12.2 Å². The summed E-state index contributed by atoms with van der Waals surface area (Å²) in [5, 5.41) is 0. The van der Waals surface area contributed by atoms with Gasteiger partial charge in [0.05, 0.1) is 0 Å². The summed E-state index contributed by atoms with van der Waals surface area (Å²) in [6, 6.07) is 33.0. The molecule has 0 spiro atoms. The molecule has 27 heavy (non-hydrogen) atoms. The van der Waals surface area contributed by atoms with Crippen molar-refractivity contribution in [2.24, 2.45) is 0 Å². The molecule has 3 aromatic carbocycles. The Balaban J connectivity index is 0.000000279. The van der Waals surface area contributed by atoms with E-state index >= 15 is 0 Å². The van der Waals surface area contributed by atoms with Gasteiger partial charge in [-0.25, -0.2) is 0 Å². The average molecular weight is 587 g/mol. The first-order chi connectivity index (χ1) is 13.2. The van der Waals surface area contributed by atoms with Crippen LogP contribution in [0.3, 0.4) is 0 Å². The molecule has 0 atom stereocenters. The van der Waals surface area contributed by atoms with Gasteiger partial charge in [-0.2, -0.15) is 0 Å². The standard InChI is InChI=1S/3C6H5.C5H11NS2.Pb/c3*1-2-4-6-5-3-1;1-3-6(4-2)5(7)8;/h3*1-5H;3-4H2,1-2H3,(H,7,8);/p-1. The Kier molecular flexibility index (Phi) is 9.94. The van der Waals surface area contributed by atoms with E-state index < -0.39 is 22.7 Å². The normalized spacial score (nSPS) is 10.0. The van der Waals surface area contributed by atoms with E-state index in [0.29, 0.717) is 4.32 Å². The summed E-state index contributed by atoms with van der Waals surface area (Å²) in [6.45, 7) is 5.95. The van der Waals surface area contributed by atoms with E-state index in [2.05, 4.69) is 91.0 Å². The topological polar surface area (TPSA) is 3.24 Å². The van der Waals surface area contributed by atoms with Gasteiger partial charge < -0.3 is 29.7 Å². The van der Waals surface area contributed by atoms with E-state index in [-0.39, 0.29) is 0 Å². The minimum atomic E-state index is -2.17. The van der Waals surface area contributed by atoms with E-state index in [9.17, 15) is 0 Å². The first kappa shape index (κ1) is 22.0. The van der Waals surface area contributed by atoms with Crippen LogP contribution < -0.4 is 9.37 Å². The second-order valence-electron chi connectivity index (χ2n) is 5.91. The van der Waals surface area contributed by atoms with Crippen LogP contribution in [0, 0.1) is 0 Å². The number of benzene rings is 3. The molecule has 4 heteroatoms. The van der Waals surface area contributed by atoms with E-state index in [1.165, 1.54) is 0 Å². The molecule has 0 unspecified atom stereocenters. The summed E-state index contributed by atoms with van der Waals surface area (Å²) < 4.78 is 5.22. The average Bonchev–Trinajstić information content (AvgIpc) is 2.72. The van der Waals surface area contributed by atoms with E-state index in [1.54, 1.807) is 9.37 Å². The van der Waals surface area contributed by atoms with E-state index in [0.717, 1.165) is 13.1 Å². The number of rotatable bonds is 5. The van der Waals surface area contributed by atoms with Crippen LogP contribution in [0.2, 0.25) is 0 Å². The predicted molar refractivity (Wildman–Crippen MR) is 127 cm³/mol. The van der Waals surface area contributed by atoms with Crippen molar-refractivity contribution < 1.29 is 0 Å². The molecule has 0 amide bonds. The Morgan fingerprint density at radius 2 is 1.00 bits per heavy atom. The SMILES string of the molecule is CCN(CC)C(=S)[S-].c1cc[c]([Pb]([c]2ccccc2)[c]2ccccc2)cc1. The van der Waals surface area contributed by atoms with Gasteiger partial charge in [0, 0.05) is 13.1 Å². The summed E-state index contributed by atoms with van der Waals surface area (Å²) in [4.78, 5) is 1.96. The molecule has 0 aromatic heterocycles. The third-order valence-corrected chi connectivity index (χ3v) is 15.3. The molecular formula is C23H25NPbS2-. The van der Waals surface area contributed by atoms with Crippen LogP contribution in [-0.2, 0) is 12.6 Å². The second kappa shape index (κ2) is 12.2. The molecule has 0 bridgehead atoms. The molecular weight excluding hydrogens is 562 g/mol. The zero-order valence-electron chi connectivity index (χ0n) is 15.8. The van der Waals surface area contributed by atoms with Crippen LogP contribution in [0.15, 0.2) is 91.0 Å². The third kappa shape index (κ3) is 6.98. The van der Waals surface area contributed by atoms with E-state index in [4.69, 9.17) is 24.8 Å². The van der Waals surface area contributed by atoms with Crippen molar-refractivity contribution in [3.8, 4) is 0 Å². The summed E-state index contributed by atoms with van der Waals surface area (Å²) in [5.74, 6) is 0. The van der Waals surface area contributed by atoms with Crippen molar-refractivity contribution in [1.29, 1.82) is 0 Å². The minimum absolute atomic E-state index is 0.579. The van der Waals surface area contributed by atoms with E-state index in [1.807, 2.05) is 18.7 Å². The molecule has 0 heterocycles. The molecule has 3 rings (SSSR count). The van der Waals surface area contributed by atoms with Crippen LogP contribution in [0.4, 0.5) is 0 Å². The molecule has 0 saturated heterocycles. The summed E-state index contributed by atoms with van der Waals surface area (Å²) in [6.07, 6.45) is 0. The summed E-state index contributed by atoms with van der Waals surface area (Å²) >= 11 is 7.34. The van der Waals surface area contributed by atoms with Gasteiger partial charge in [-0.05, 0) is 13.8 Å². The Labute approximate surface area is 183 Å². The number of hydrogen-bond donors (Lipinski definition) is 0. The maximum atomic E-state index is 4.76. The number of nitrogens with zero attached hydrogens (tertiary/aromatic N) is 1. The molecule has 0 fully saturated rings. The second-order valence-corrected chi connectivity index (χ2v) is 16.6. The molecule has 3 aromatic rings. The zero-order chi connectivity index (χ0) is 19.5. The molecule has 0 aliphatic heterocycles. The fourth-order valence-corrected chi connectivity index (χ4v) is 13.3. The van der Waals surface area contributed by atoms with Gasteiger partial charge in [-0.1, -0.05) is 4.32 Å².